The standard InChI is InChI=1S/C20H26N4O3S/c1-27-17-8-3-2-7-15(17)20-23-16(13-28-20)19(26)22-9-5-11-24-10-4-6-14(12-24)18(21)25/h2-3,7-8,13-14H,4-6,9-12H2,1H3,(H2,21,25)(H,22,26). The molecular formula is C20H26N4O3S. The molecule has 3 N–H and O–H groups in total. The molecule has 1 aliphatic heterocycles. The third-order valence-electron chi connectivity index (χ3n) is 4.92. The van der Waals surface area contributed by atoms with Crippen LogP contribution in [0.3, 0.4) is 0 Å². The minimum absolute atomic E-state index is 0.0493. The number of nitrogens with one attached hydrogen (secondary N) is 1. The van der Waals surface area contributed by atoms with Crippen molar-refractivity contribution in [2.45, 2.75) is 19.3 Å². The topological polar surface area (TPSA) is 97.6 Å². The monoisotopic (exact) mass is 402 g/mol. The molecule has 8 heteroatoms. The van der Waals surface area contributed by atoms with E-state index >= 15 is 0 Å². The van der Waals surface area contributed by atoms with Crippen molar-refractivity contribution in [3.05, 3.63) is 35.3 Å². The fraction of sp³-hybridized carbons (Fsp3) is 0.450. The van der Waals surface area contributed by atoms with Crippen molar-refractivity contribution in [2.24, 2.45) is 11.7 Å². The Bertz CT molecular complexity index is 823. The zero-order valence-electron chi connectivity index (χ0n) is 16.0. The molecule has 7 nitrogen and oxygen atoms in total. The maximum absolute atomic E-state index is 12.4. The predicted octanol–water partition coefficient (Wildman–Crippen LogP) is 2.14. The second-order valence-electron chi connectivity index (χ2n) is 6.89. The fourth-order valence-electron chi connectivity index (χ4n) is 3.41. The molecule has 1 atom stereocenters. The first-order valence-electron chi connectivity index (χ1n) is 9.47. The van der Waals surface area contributed by atoms with Crippen LogP contribution in [0.2, 0.25) is 0 Å². The van der Waals surface area contributed by atoms with Gasteiger partial charge in [-0.3, -0.25) is 9.59 Å². The van der Waals surface area contributed by atoms with Gasteiger partial charge in [0.05, 0.1) is 18.6 Å². The number of para-hydroxylation sites is 1. The number of amides is 2. The lowest BCUT2D eigenvalue weighted by molar-refractivity contribution is -0.123. The van der Waals surface area contributed by atoms with Crippen LogP contribution in [-0.4, -0.2) is 55.0 Å². The van der Waals surface area contributed by atoms with E-state index in [-0.39, 0.29) is 17.7 Å². The molecule has 0 saturated carbocycles. The Morgan fingerprint density at radius 1 is 1.39 bits per heavy atom. The Hall–Kier alpha value is -2.45. The summed E-state index contributed by atoms with van der Waals surface area (Å²) in [6, 6.07) is 7.62. The Balaban J connectivity index is 1.47. The first-order valence-corrected chi connectivity index (χ1v) is 10.3. The number of carbonyl (C=O) groups is 2. The summed E-state index contributed by atoms with van der Waals surface area (Å²) in [6.07, 6.45) is 2.69. The highest BCUT2D eigenvalue weighted by Crippen LogP contribution is 2.31. The molecule has 2 heterocycles. The summed E-state index contributed by atoms with van der Waals surface area (Å²) in [5, 5.41) is 5.44. The molecule has 1 saturated heterocycles. The van der Waals surface area contributed by atoms with Crippen LogP contribution < -0.4 is 15.8 Å². The maximum atomic E-state index is 12.4. The number of benzene rings is 1. The van der Waals surface area contributed by atoms with E-state index in [0.29, 0.717) is 12.2 Å². The number of nitrogens with two attached hydrogens (primary N) is 1. The molecular weight excluding hydrogens is 376 g/mol. The van der Waals surface area contributed by atoms with Crippen LogP contribution in [0.5, 0.6) is 5.75 Å². The highest BCUT2D eigenvalue weighted by molar-refractivity contribution is 7.13. The molecule has 3 rings (SSSR count). The van der Waals surface area contributed by atoms with Gasteiger partial charge in [0, 0.05) is 18.5 Å². The fourth-order valence-corrected chi connectivity index (χ4v) is 4.24. The van der Waals surface area contributed by atoms with Gasteiger partial charge in [0.25, 0.3) is 5.91 Å². The maximum Gasteiger partial charge on any atom is 0.270 e. The van der Waals surface area contributed by atoms with Crippen LogP contribution in [0.25, 0.3) is 10.6 Å². The van der Waals surface area contributed by atoms with Crippen molar-refractivity contribution >= 4 is 23.2 Å². The minimum atomic E-state index is -0.215. The summed E-state index contributed by atoms with van der Waals surface area (Å²) in [4.78, 5) is 30.4. The zero-order valence-corrected chi connectivity index (χ0v) is 16.8. The molecule has 1 fully saturated rings. The number of carbonyl (C=O) groups excluding carboxylic acids is 2. The highest BCUT2D eigenvalue weighted by Gasteiger charge is 2.23. The Morgan fingerprint density at radius 2 is 2.21 bits per heavy atom. The second-order valence-corrected chi connectivity index (χ2v) is 7.75. The van der Waals surface area contributed by atoms with Crippen molar-refractivity contribution in [2.75, 3.05) is 33.3 Å². The molecule has 28 heavy (non-hydrogen) atoms. The lowest BCUT2D eigenvalue weighted by Gasteiger charge is -2.31. The summed E-state index contributed by atoms with van der Waals surface area (Å²) in [7, 11) is 1.62. The smallest absolute Gasteiger partial charge is 0.270 e. The van der Waals surface area contributed by atoms with Crippen LogP contribution in [0.15, 0.2) is 29.6 Å². The van der Waals surface area contributed by atoms with Gasteiger partial charge in [-0.2, -0.15) is 0 Å². The number of ether oxygens (including phenoxy) is 1. The first-order chi connectivity index (χ1) is 13.6. The highest BCUT2D eigenvalue weighted by atomic mass is 32.1. The van der Waals surface area contributed by atoms with E-state index in [1.54, 1.807) is 12.5 Å². The van der Waals surface area contributed by atoms with Gasteiger partial charge >= 0.3 is 0 Å². The Kier molecular flexibility index (Phi) is 7.00. The van der Waals surface area contributed by atoms with E-state index in [2.05, 4.69) is 15.2 Å². The van der Waals surface area contributed by atoms with Crippen LogP contribution in [0.4, 0.5) is 0 Å². The first kappa shape index (κ1) is 20.3. The number of thiazole rings is 1. The minimum Gasteiger partial charge on any atom is -0.496 e. The van der Waals surface area contributed by atoms with E-state index < -0.39 is 0 Å². The molecule has 1 unspecified atom stereocenters. The normalized spacial score (nSPS) is 17.2. The molecule has 2 amide bonds. The molecule has 0 spiro atoms. The Morgan fingerprint density at radius 3 is 3.00 bits per heavy atom. The molecule has 1 aliphatic rings. The summed E-state index contributed by atoms with van der Waals surface area (Å²) in [5.41, 5.74) is 6.71. The van der Waals surface area contributed by atoms with Crippen LogP contribution in [0, 0.1) is 5.92 Å². The number of hydrogen-bond acceptors (Lipinski definition) is 6. The van der Waals surface area contributed by atoms with Gasteiger partial charge in [-0.15, -0.1) is 11.3 Å². The van der Waals surface area contributed by atoms with Gasteiger partial charge in [0.15, 0.2) is 0 Å². The van der Waals surface area contributed by atoms with Gasteiger partial charge in [0.2, 0.25) is 5.91 Å². The number of aromatic nitrogens is 1. The number of likely N-dealkylation sites (tertiary alicyclic amines) is 1. The second kappa shape index (κ2) is 9.66. The number of nitrogens with zero attached hydrogens (tertiary/aromatic N) is 2. The SMILES string of the molecule is COc1ccccc1-c1nc(C(=O)NCCCN2CCCC(C(N)=O)C2)cs1. The van der Waals surface area contributed by atoms with Crippen molar-refractivity contribution in [3.8, 4) is 16.3 Å². The zero-order chi connectivity index (χ0) is 19.9. The average molecular weight is 403 g/mol. The lowest BCUT2D eigenvalue weighted by Crippen LogP contribution is -2.42. The van der Waals surface area contributed by atoms with Gasteiger partial charge in [0.1, 0.15) is 16.5 Å². The number of methoxy groups -OCH3 is 1. The average Bonchev–Trinajstić information content (AvgIpc) is 3.21. The third kappa shape index (κ3) is 5.08. The van der Waals surface area contributed by atoms with E-state index in [0.717, 1.165) is 55.2 Å². The molecule has 1 aromatic heterocycles. The van der Waals surface area contributed by atoms with Crippen LogP contribution in [-0.2, 0) is 4.79 Å². The molecule has 0 radical (unpaired) electrons. The molecule has 1 aromatic carbocycles. The lowest BCUT2D eigenvalue weighted by atomic mass is 9.97. The molecule has 2 aromatic rings. The number of primary amides is 1. The van der Waals surface area contributed by atoms with Crippen molar-refractivity contribution in [1.82, 2.24) is 15.2 Å². The van der Waals surface area contributed by atoms with E-state index in [1.165, 1.54) is 11.3 Å². The van der Waals surface area contributed by atoms with Gasteiger partial charge in [-0.25, -0.2) is 4.98 Å². The number of rotatable bonds is 8. The van der Waals surface area contributed by atoms with Crippen molar-refractivity contribution in [3.63, 3.8) is 0 Å². The molecule has 150 valence electrons. The molecule has 0 bridgehead atoms. The summed E-state index contributed by atoms with van der Waals surface area (Å²) in [5.74, 6) is 0.296. The van der Waals surface area contributed by atoms with Crippen molar-refractivity contribution < 1.29 is 14.3 Å². The largest absolute Gasteiger partial charge is 0.496 e. The number of piperidine rings is 1. The summed E-state index contributed by atoms with van der Waals surface area (Å²) in [6.45, 7) is 3.11. The van der Waals surface area contributed by atoms with E-state index in [9.17, 15) is 9.59 Å². The van der Waals surface area contributed by atoms with E-state index in [1.807, 2.05) is 24.3 Å². The van der Waals surface area contributed by atoms with Crippen molar-refractivity contribution in [1.29, 1.82) is 0 Å². The number of hydrogen-bond donors (Lipinski definition) is 2. The Labute approximate surface area is 168 Å². The molecule has 0 aliphatic carbocycles. The van der Waals surface area contributed by atoms with Gasteiger partial charge in [-0.05, 0) is 44.5 Å². The predicted molar refractivity (Wildman–Crippen MR) is 109 cm³/mol. The van der Waals surface area contributed by atoms with Gasteiger partial charge in [-0.1, -0.05) is 12.1 Å². The summed E-state index contributed by atoms with van der Waals surface area (Å²) < 4.78 is 5.36. The van der Waals surface area contributed by atoms with Gasteiger partial charge < -0.3 is 20.7 Å². The van der Waals surface area contributed by atoms with Crippen LogP contribution in [0.1, 0.15) is 29.8 Å². The quantitative estimate of drug-likeness (QED) is 0.659. The third-order valence-corrected chi connectivity index (χ3v) is 5.79. The van der Waals surface area contributed by atoms with E-state index in [4.69, 9.17) is 10.5 Å². The van der Waals surface area contributed by atoms with Crippen LogP contribution >= 0.6 is 11.3 Å². The summed E-state index contributed by atoms with van der Waals surface area (Å²) >= 11 is 1.42.